The third-order valence-corrected chi connectivity index (χ3v) is 3.25. The molecule has 0 aromatic carbocycles. The molecule has 0 radical (unpaired) electrons. The van der Waals surface area contributed by atoms with Gasteiger partial charge in [-0.3, -0.25) is 0 Å². The second-order valence-corrected chi connectivity index (χ2v) is 6.26. The average molecular weight is 279 g/mol. The number of aryl methyl sites for hydroxylation is 2. The summed E-state index contributed by atoms with van der Waals surface area (Å²) in [7, 11) is 0. The van der Waals surface area contributed by atoms with Crippen LogP contribution in [0.1, 0.15) is 63.5 Å². The smallest absolute Gasteiger partial charge is 0.157 e. The fraction of sp³-hybridized carbons (Fsp3) is 0.750. The van der Waals surface area contributed by atoms with Gasteiger partial charge in [0.15, 0.2) is 5.82 Å². The highest BCUT2D eigenvalue weighted by atomic mass is 16.5. The van der Waals surface area contributed by atoms with Crippen molar-refractivity contribution < 1.29 is 4.74 Å². The molecule has 1 aromatic heterocycles. The van der Waals surface area contributed by atoms with E-state index in [1.54, 1.807) is 0 Å². The molecule has 1 heterocycles. The summed E-state index contributed by atoms with van der Waals surface area (Å²) in [6.45, 7) is 16.3. The molecule has 20 heavy (non-hydrogen) atoms. The second-order valence-electron chi connectivity index (χ2n) is 6.26. The molecule has 0 amide bonds. The summed E-state index contributed by atoms with van der Waals surface area (Å²) in [5.41, 5.74) is 3.52. The van der Waals surface area contributed by atoms with E-state index in [-0.39, 0.29) is 11.6 Å². The van der Waals surface area contributed by atoms with Gasteiger partial charge in [0, 0.05) is 23.5 Å². The zero-order valence-corrected chi connectivity index (χ0v) is 14.0. The van der Waals surface area contributed by atoms with Crippen LogP contribution in [-0.4, -0.2) is 28.7 Å². The van der Waals surface area contributed by atoms with E-state index in [4.69, 9.17) is 4.74 Å². The molecule has 1 N–H and O–H groups in total. The molecule has 0 aliphatic heterocycles. The van der Waals surface area contributed by atoms with Crippen molar-refractivity contribution in [2.24, 2.45) is 0 Å². The summed E-state index contributed by atoms with van der Waals surface area (Å²) in [4.78, 5) is 9.21. The Hall–Kier alpha value is -1.00. The van der Waals surface area contributed by atoms with E-state index in [9.17, 15) is 0 Å². The van der Waals surface area contributed by atoms with Crippen LogP contribution < -0.4 is 5.32 Å². The van der Waals surface area contributed by atoms with E-state index < -0.39 is 0 Å². The summed E-state index contributed by atoms with van der Waals surface area (Å²) in [5.74, 6) is 0.786. The number of hydrogen-bond donors (Lipinski definition) is 1. The first kappa shape index (κ1) is 17.1. The van der Waals surface area contributed by atoms with E-state index in [1.807, 2.05) is 13.8 Å². The molecule has 4 nitrogen and oxygen atoms in total. The van der Waals surface area contributed by atoms with Gasteiger partial charge in [0.2, 0.25) is 0 Å². The molecule has 4 heteroatoms. The Balaban J connectivity index is 2.79. The molecule has 0 saturated carbocycles. The molecule has 1 rings (SSSR count). The van der Waals surface area contributed by atoms with Gasteiger partial charge in [0.25, 0.3) is 0 Å². The molecule has 0 aliphatic carbocycles. The SMILES string of the molecule is CCOC(C)c1nc(C)c(CCNC(C)(C)C)c(C)n1. The Labute approximate surface area is 123 Å². The predicted molar refractivity (Wildman–Crippen MR) is 83.0 cm³/mol. The Bertz CT molecular complexity index is 415. The lowest BCUT2D eigenvalue weighted by molar-refractivity contribution is 0.0697. The summed E-state index contributed by atoms with van der Waals surface area (Å²) in [5, 5.41) is 3.50. The number of nitrogens with zero attached hydrogens (tertiary/aromatic N) is 2. The van der Waals surface area contributed by atoms with Crippen LogP contribution >= 0.6 is 0 Å². The van der Waals surface area contributed by atoms with Crippen molar-refractivity contribution in [1.82, 2.24) is 15.3 Å². The maximum absolute atomic E-state index is 5.57. The summed E-state index contributed by atoms with van der Waals surface area (Å²) >= 11 is 0. The molecular weight excluding hydrogens is 250 g/mol. The van der Waals surface area contributed by atoms with Gasteiger partial charge in [0.1, 0.15) is 6.10 Å². The third-order valence-electron chi connectivity index (χ3n) is 3.25. The lowest BCUT2D eigenvalue weighted by Crippen LogP contribution is -2.37. The van der Waals surface area contributed by atoms with Crippen molar-refractivity contribution >= 4 is 0 Å². The van der Waals surface area contributed by atoms with Crippen LogP contribution in [0.2, 0.25) is 0 Å². The summed E-state index contributed by atoms with van der Waals surface area (Å²) in [6.07, 6.45) is 0.914. The Kier molecular flexibility index (Phi) is 6.08. The Morgan fingerprint density at radius 2 is 1.70 bits per heavy atom. The van der Waals surface area contributed by atoms with Gasteiger partial charge in [-0.2, -0.15) is 0 Å². The first-order valence-corrected chi connectivity index (χ1v) is 7.45. The second kappa shape index (κ2) is 7.14. The predicted octanol–water partition coefficient (Wildman–Crippen LogP) is 3.12. The normalized spacial score (nSPS) is 13.6. The molecule has 1 atom stereocenters. The minimum absolute atomic E-state index is 0.0425. The van der Waals surface area contributed by atoms with Gasteiger partial charge in [-0.15, -0.1) is 0 Å². The number of ether oxygens (including phenoxy) is 1. The summed E-state index contributed by atoms with van der Waals surface area (Å²) in [6, 6.07) is 0. The standard InChI is InChI=1S/C16H29N3O/c1-8-20-13(4)15-18-11(2)14(12(3)19-15)9-10-17-16(5,6)7/h13,17H,8-10H2,1-7H3. The maximum atomic E-state index is 5.57. The topological polar surface area (TPSA) is 47.0 Å². The minimum Gasteiger partial charge on any atom is -0.371 e. The van der Waals surface area contributed by atoms with Gasteiger partial charge >= 0.3 is 0 Å². The molecule has 0 aliphatic rings. The largest absolute Gasteiger partial charge is 0.371 e. The van der Waals surface area contributed by atoms with Gasteiger partial charge < -0.3 is 10.1 Å². The van der Waals surface area contributed by atoms with Crippen LogP contribution in [-0.2, 0) is 11.2 Å². The first-order chi connectivity index (χ1) is 9.24. The van der Waals surface area contributed by atoms with Crippen LogP contribution in [0.4, 0.5) is 0 Å². The van der Waals surface area contributed by atoms with E-state index in [0.29, 0.717) is 6.61 Å². The lowest BCUT2D eigenvalue weighted by Gasteiger charge is -2.21. The van der Waals surface area contributed by atoms with Crippen molar-refractivity contribution in [3.8, 4) is 0 Å². The highest BCUT2D eigenvalue weighted by Gasteiger charge is 2.14. The highest BCUT2D eigenvalue weighted by Crippen LogP contribution is 2.17. The van der Waals surface area contributed by atoms with E-state index in [1.165, 1.54) is 5.56 Å². The average Bonchev–Trinajstić information content (AvgIpc) is 2.31. The number of rotatable bonds is 6. The fourth-order valence-corrected chi connectivity index (χ4v) is 2.20. The molecule has 1 aromatic rings. The van der Waals surface area contributed by atoms with Gasteiger partial charge in [-0.1, -0.05) is 0 Å². The number of nitrogens with one attached hydrogen (secondary N) is 1. The molecule has 0 spiro atoms. The van der Waals surface area contributed by atoms with E-state index >= 15 is 0 Å². The van der Waals surface area contributed by atoms with Crippen molar-refractivity contribution in [2.45, 2.75) is 66.5 Å². The van der Waals surface area contributed by atoms with Gasteiger partial charge in [0.05, 0.1) is 0 Å². The van der Waals surface area contributed by atoms with Crippen LogP contribution in [0.25, 0.3) is 0 Å². The zero-order chi connectivity index (χ0) is 15.3. The van der Waals surface area contributed by atoms with Crippen molar-refractivity contribution in [3.05, 3.63) is 22.8 Å². The van der Waals surface area contributed by atoms with Gasteiger partial charge in [-0.05, 0) is 67.0 Å². The lowest BCUT2D eigenvalue weighted by atomic mass is 10.1. The van der Waals surface area contributed by atoms with Crippen LogP contribution in [0.15, 0.2) is 0 Å². The highest BCUT2D eigenvalue weighted by molar-refractivity contribution is 5.25. The molecule has 114 valence electrons. The first-order valence-electron chi connectivity index (χ1n) is 7.45. The van der Waals surface area contributed by atoms with Crippen molar-refractivity contribution in [2.75, 3.05) is 13.2 Å². The minimum atomic E-state index is -0.0425. The van der Waals surface area contributed by atoms with E-state index in [2.05, 4.69) is 49.9 Å². The van der Waals surface area contributed by atoms with Crippen molar-refractivity contribution in [1.29, 1.82) is 0 Å². The Morgan fingerprint density at radius 1 is 1.15 bits per heavy atom. The zero-order valence-electron chi connectivity index (χ0n) is 14.0. The molecule has 1 unspecified atom stereocenters. The molecule has 0 fully saturated rings. The van der Waals surface area contributed by atoms with Crippen molar-refractivity contribution in [3.63, 3.8) is 0 Å². The quantitative estimate of drug-likeness (QED) is 0.869. The summed E-state index contributed by atoms with van der Waals surface area (Å²) < 4.78 is 5.57. The number of hydrogen-bond acceptors (Lipinski definition) is 4. The van der Waals surface area contributed by atoms with Crippen LogP contribution in [0.3, 0.4) is 0 Å². The van der Waals surface area contributed by atoms with Crippen LogP contribution in [0, 0.1) is 13.8 Å². The Morgan fingerprint density at radius 3 is 2.15 bits per heavy atom. The molecule has 0 bridgehead atoms. The van der Waals surface area contributed by atoms with Crippen LogP contribution in [0.5, 0.6) is 0 Å². The monoisotopic (exact) mass is 279 g/mol. The van der Waals surface area contributed by atoms with E-state index in [0.717, 1.165) is 30.2 Å². The molecular formula is C16H29N3O. The number of aromatic nitrogens is 2. The third kappa shape index (κ3) is 5.17. The maximum Gasteiger partial charge on any atom is 0.157 e. The molecule has 0 saturated heterocycles. The fourth-order valence-electron chi connectivity index (χ4n) is 2.20. The van der Waals surface area contributed by atoms with Gasteiger partial charge in [-0.25, -0.2) is 9.97 Å².